The summed E-state index contributed by atoms with van der Waals surface area (Å²) in [6.07, 6.45) is -0.0397. The zero-order valence-corrected chi connectivity index (χ0v) is 12.6. The predicted molar refractivity (Wildman–Crippen MR) is 74.5 cm³/mol. The first kappa shape index (κ1) is 16.7. The molecule has 1 aliphatic heterocycles. The molecule has 0 spiro atoms. The van der Waals surface area contributed by atoms with E-state index in [9.17, 15) is 22.8 Å². The van der Waals surface area contributed by atoms with E-state index >= 15 is 0 Å². The molecule has 4 nitrogen and oxygen atoms in total. The van der Waals surface area contributed by atoms with Gasteiger partial charge in [0.2, 0.25) is 5.91 Å². The van der Waals surface area contributed by atoms with Gasteiger partial charge in [0, 0.05) is 12.1 Å². The number of rotatable bonds is 5. The lowest BCUT2D eigenvalue weighted by molar-refractivity contribution is -0.143. The zero-order valence-electron chi connectivity index (χ0n) is 11.8. The van der Waals surface area contributed by atoms with E-state index in [0.717, 1.165) is 23.9 Å². The Morgan fingerprint density at radius 1 is 1.36 bits per heavy atom. The van der Waals surface area contributed by atoms with Gasteiger partial charge in [-0.05, 0) is 13.0 Å². The molecule has 0 bridgehead atoms. The Kier molecular flexibility index (Phi) is 5.33. The van der Waals surface area contributed by atoms with Crippen LogP contribution >= 0.6 is 11.8 Å². The van der Waals surface area contributed by atoms with Crippen LogP contribution in [0.4, 0.5) is 13.2 Å². The van der Waals surface area contributed by atoms with Crippen LogP contribution in [0.5, 0.6) is 0 Å². The minimum Gasteiger partial charge on any atom is -0.466 e. The molecular weight excluding hydrogens is 319 g/mol. The fourth-order valence-electron chi connectivity index (χ4n) is 2.13. The Balaban J connectivity index is 2.17. The smallest absolute Gasteiger partial charge is 0.307 e. The molecule has 8 heteroatoms. The molecule has 1 saturated heterocycles. The number of halogens is 3. The summed E-state index contributed by atoms with van der Waals surface area (Å²) in [6, 6.07) is 1.93. The van der Waals surface area contributed by atoms with Crippen LogP contribution in [-0.4, -0.2) is 35.7 Å². The highest BCUT2D eigenvalue weighted by molar-refractivity contribution is 8.00. The monoisotopic (exact) mass is 333 g/mol. The average molecular weight is 333 g/mol. The zero-order chi connectivity index (χ0) is 16.3. The van der Waals surface area contributed by atoms with Crippen molar-refractivity contribution in [2.75, 3.05) is 18.9 Å². The molecule has 0 aromatic heterocycles. The number of hydrogen-bond donors (Lipinski definition) is 0. The van der Waals surface area contributed by atoms with Crippen molar-refractivity contribution >= 4 is 23.6 Å². The number of amides is 1. The van der Waals surface area contributed by atoms with Crippen LogP contribution in [0.15, 0.2) is 12.1 Å². The van der Waals surface area contributed by atoms with E-state index in [1.165, 1.54) is 4.90 Å². The third kappa shape index (κ3) is 3.37. The summed E-state index contributed by atoms with van der Waals surface area (Å²) >= 11 is 1.10. The van der Waals surface area contributed by atoms with Crippen molar-refractivity contribution in [3.05, 3.63) is 35.1 Å². The Labute approximate surface area is 129 Å². The largest absolute Gasteiger partial charge is 0.466 e. The predicted octanol–water partition coefficient (Wildman–Crippen LogP) is 2.63. The summed E-state index contributed by atoms with van der Waals surface area (Å²) in [5.41, 5.74) is -0.112. The van der Waals surface area contributed by atoms with E-state index < -0.39 is 28.8 Å². The van der Waals surface area contributed by atoms with Crippen LogP contribution in [0, 0.1) is 17.5 Å². The number of hydrogen-bond acceptors (Lipinski definition) is 4. The second-order valence-corrected chi connectivity index (χ2v) is 5.64. The summed E-state index contributed by atoms with van der Waals surface area (Å²) in [5.74, 6) is -4.84. The van der Waals surface area contributed by atoms with Crippen LogP contribution in [0.3, 0.4) is 0 Å². The molecule has 1 heterocycles. The van der Waals surface area contributed by atoms with Crippen molar-refractivity contribution in [2.24, 2.45) is 0 Å². The maximum atomic E-state index is 13.9. The molecule has 1 amide bonds. The first-order valence-electron chi connectivity index (χ1n) is 6.65. The van der Waals surface area contributed by atoms with Gasteiger partial charge in [-0.3, -0.25) is 9.59 Å². The van der Waals surface area contributed by atoms with Gasteiger partial charge in [0.1, 0.15) is 5.37 Å². The Hall–Kier alpha value is -1.70. The van der Waals surface area contributed by atoms with Crippen molar-refractivity contribution in [3.63, 3.8) is 0 Å². The van der Waals surface area contributed by atoms with Gasteiger partial charge in [0.25, 0.3) is 0 Å². The summed E-state index contributed by atoms with van der Waals surface area (Å²) < 4.78 is 45.0. The molecule has 0 radical (unpaired) electrons. The van der Waals surface area contributed by atoms with Gasteiger partial charge in [-0.25, -0.2) is 13.2 Å². The van der Waals surface area contributed by atoms with Crippen LogP contribution in [0.2, 0.25) is 0 Å². The maximum absolute atomic E-state index is 13.9. The van der Waals surface area contributed by atoms with Crippen LogP contribution in [0.1, 0.15) is 24.3 Å². The lowest BCUT2D eigenvalue weighted by atomic mass is 10.1. The fourth-order valence-corrected chi connectivity index (χ4v) is 3.36. The highest BCUT2D eigenvalue weighted by atomic mass is 32.2. The lowest BCUT2D eigenvalue weighted by Gasteiger charge is -2.24. The van der Waals surface area contributed by atoms with E-state index in [0.29, 0.717) is 0 Å². The average Bonchev–Trinajstić information content (AvgIpc) is 2.84. The SMILES string of the molecule is CCOC(=O)CCN1C(=O)CSC1c1ccc(F)c(F)c1F. The molecule has 0 saturated carbocycles. The first-order valence-corrected chi connectivity index (χ1v) is 7.70. The second-order valence-electron chi connectivity index (χ2n) is 4.57. The van der Waals surface area contributed by atoms with Crippen molar-refractivity contribution in [1.29, 1.82) is 0 Å². The quantitative estimate of drug-likeness (QED) is 0.614. The van der Waals surface area contributed by atoms with E-state index in [4.69, 9.17) is 4.74 Å². The van der Waals surface area contributed by atoms with E-state index in [2.05, 4.69) is 0 Å². The molecule has 1 aliphatic rings. The minimum absolute atomic E-state index is 0.0355. The molecule has 2 rings (SSSR count). The van der Waals surface area contributed by atoms with Gasteiger partial charge < -0.3 is 9.64 Å². The number of benzene rings is 1. The molecule has 120 valence electrons. The third-order valence-corrected chi connectivity index (χ3v) is 4.40. The molecule has 0 N–H and O–H groups in total. The topological polar surface area (TPSA) is 46.6 Å². The second kappa shape index (κ2) is 7.04. The van der Waals surface area contributed by atoms with Crippen LogP contribution in [0.25, 0.3) is 0 Å². The fraction of sp³-hybridized carbons (Fsp3) is 0.429. The highest BCUT2D eigenvalue weighted by Gasteiger charge is 2.35. The highest BCUT2D eigenvalue weighted by Crippen LogP contribution is 2.40. The lowest BCUT2D eigenvalue weighted by Crippen LogP contribution is -2.31. The summed E-state index contributed by atoms with van der Waals surface area (Å²) in [7, 11) is 0. The van der Waals surface area contributed by atoms with Crippen molar-refractivity contribution < 1.29 is 27.5 Å². The third-order valence-electron chi connectivity index (χ3n) is 3.16. The van der Waals surface area contributed by atoms with Gasteiger partial charge in [0.15, 0.2) is 17.5 Å². The normalized spacial score (nSPS) is 17.9. The van der Waals surface area contributed by atoms with Gasteiger partial charge in [-0.1, -0.05) is 6.07 Å². The van der Waals surface area contributed by atoms with Gasteiger partial charge >= 0.3 is 5.97 Å². The Morgan fingerprint density at radius 2 is 2.09 bits per heavy atom. The minimum atomic E-state index is -1.57. The van der Waals surface area contributed by atoms with E-state index in [-0.39, 0.29) is 36.8 Å². The standard InChI is InChI=1S/C14H14F3NO3S/c1-2-21-11(20)5-6-18-10(19)7-22-14(18)8-3-4-9(15)13(17)12(8)16/h3-4,14H,2,5-7H2,1H3. The molecule has 0 aliphatic carbocycles. The van der Waals surface area contributed by atoms with Crippen LogP contribution < -0.4 is 0 Å². The Morgan fingerprint density at radius 3 is 2.77 bits per heavy atom. The molecule has 1 aromatic rings. The maximum Gasteiger partial charge on any atom is 0.307 e. The van der Waals surface area contributed by atoms with E-state index in [1.807, 2.05) is 0 Å². The molecule has 1 unspecified atom stereocenters. The Bertz CT molecular complexity index is 597. The van der Waals surface area contributed by atoms with Crippen LogP contribution in [-0.2, 0) is 14.3 Å². The number of thioether (sulfide) groups is 1. The first-order chi connectivity index (χ1) is 10.5. The molecule has 1 aromatic carbocycles. The number of esters is 1. The van der Waals surface area contributed by atoms with Crippen molar-refractivity contribution in [2.45, 2.75) is 18.7 Å². The van der Waals surface area contributed by atoms with Gasteiger partial charge in [0.05, 0.1) is 18.8 Å². The summed E-state index contributed by atoms with van der Waals surface area (Å²) in [6.45, 7) is 1.92. The molecule has 22 heavy (non-hydrogen) atoms. The summed E-state index contributed by atoms with van der Waals surface area (Å²) in [5, 5.41) is -0.781. The molecule has 1 atom stereocenters. The van der Waals surface area contributed by atoms with Gasteiger partial charge in [-0.15, -0.1) is 11.8 Å². The van der Waals surface area contributed by atoms with E-state index in [1.54, 1.807) is 6.92 Å². The number of nitrogens with zero attached hydrogens (tertiary/aromatic N) is 1. The number of carbonyl (C=O) groups is 2. The molecule has 1 fully saturated rings. The number of carbonyl (C=O) groups excluding carboxylic acids is 2. The van der Waals surface area contributed by atoms with Gasteiger partial charge in [-0.2, -0.15) is 0 Å². The number of ether oxygens (including phenoxy) is 1. The van der Waals surface area contributed by atoms with Crippen molar-refractivity contribution in [1.82, 2.24) is 4.90 Å². The van der Waals surface area contributed by atoms with Crippen molar-refractivity contribution in [3.8, 4) is 0 Å². The molecular formula is C14H14F3NO3S. The summed E-state index contributed by atoms with van der Waals surface area (Å²) in [4.78, 5) is 24.5.